The van der Waals surface area contributed by atoms with Gasteiger partial charge in [-0.05, 0) is 31.6 Å². The summed E-state index contributed by atoms with van der Waals surface area (Å²) >= 11 is 0. The lowest BCUT2D eigenvalue weighted by Crippen LogP contribution is -2.58. The van der Waals surface area contributed by atoms with Gasteiger partial charge in [0.25, 0.3) is 0 Å². The van der Waals surface area contributed by atoms with Crippen LogP contribution in [0.5, 0.6) is 0 Å². The molecule has 160 valence electrons. The number of rotatable bonds is 9. The van der Waals surface area contributed by atoms with Crippen LogP contribution in [0.2, 0.25) is 0 Å². The average molecular weight is 399 g/mol. The van der Waals surface area contributed by atoms with Crippen LogP contribution >= 0.6 is 0 Å². The molecule has 3 amide bonds. The maximum atomic E-state index is 13.1. The molecule has 5 atom stereocenters. The van der Waals surface area contributed by atoms with E-state index in [1.54, 1.807) is 13.8 Å². The van der Waals surface area contributed by atoms with Crippen LogP contribution in [-0.2, 0) is 19.2 Å². The lowest BCUT2D eigenvalue weighted by molar-refractivity contribution is -0.146. The van der Waals surface area contributed by atoms with Crippen molar-refractivity contribution in [2.24, 2.45) is 17.6 Å². The zero-order valence-electron chi connectivity index (χ0n) is 17.4. The number of nitrogens with zero attached hydrogens (tertiary/aromatic N) is 1. The highest BCUT2D eigenvalue weighted by Gasteiger charge is 2.40. The van der Waals surface area contributed by atoms with Gasteiger partial charge in [0.05, 0.1) is 6.04 Å². The van der Waals surface area contributed by atoms with E-state index >= 15 is 0 Å². The summed E-state index contributed by atoms with van der Waals surface area (Å²) in [5.41, 5.74) is 5.61. The minimum Gasteiger partial charge on any atom is -0.480 e. The van der Waals surface area contributed by atoms with Crippen molar-refractivity contribution in [1.29, 1.82) is 0 Å². The Morgan fingerprint density at radius 1 is 1.11 bits per heavy atom. The van der Waals surface area contributed by atoms with Gasteiger partial charge in [-0.1, -0.05) is 34.1 Å². The lowest BCUT2D eigenvalue weighted by Gasteiger charge is -2.32. The van der Waals surface area contributed by atoms with Crippen LogP contribution in [0.3, 0.4) is 0 Å². The zero-order chi connectivity index (χ0) is 21.6. The van der Waals surface area contributed by atoms with Crippen LogP contribution in [0.25, 0.3) is 0 Å². The number of hydrogen-bond acceptors (Lipinski definition) is 5. The number of nitrogens with one attached hydrogen (secondary N) is 2. The third-order valence-corrected chi connectivity index (χ3v) is 5.26. The summed E-state index contributed by atoms with van der Waals surface area (Å²) in [6.07, 6.45) is 1.75. The van der Waals surface area contributed by atoms with Gasteiger partial charge < -0.3 is 26.4 Å². The Balaban J connectivity index is 2.98. The van der Waals surface area contributed by atoms with E-state index in [0.717, 1.165) is 0 Å². The van der Waals surface area contributed by atoms with Gasteiger partial charge in [-0.3, -0.25) is 14.4 Å². The lowest BCUT2D eigenvalue weighted by atomic mass is 9.97. The van der Waals surface area contributed by atoms with Crippen molar-refractivity contribution in [3.63, 3.8) is 0 Å². The molecule has 1 saturated heterocycles. The number of hydrogen-bond donors (Lipinski definition) is 4. The van der Waals surface area contributed by atoms with E-state index in [2.05, 4.69) is 10.6 Å². The molecule has 5 unspecified atom stereocenters. The first-order chi connectivity index (χ1) is 13.0. The average Bonchev–Trinajstić information content (AvgIpc) is 3.11. The third kappa shape index (κ3) is 5.92. The van der Waals surface area contributed by atoms with Crippen LogP contribution in [0.1, 0.15) is 53.9 Å². The number of carbonyl (C=O) groups is 4. The first-order valence-corrected chi connectivity index (χ1v) is 9.90. The number of nitrogens with two attached hydrogens (primary N) is 1. The molecule has 0 aromatic carbocycles. The maximum absolute atomic E-state index is 13.1. The molecule has 1 aliphatic heterocycles. The van der Waals surface area contributed by atoms with Gasteiger partial charge >= 0.3 is 5.97 Å². The Bertz CT molecular complexity index is 593. The second-order valence-corrected chi connectivity index (χ2v) is 7.92. The van der Waals surface area contributed by atoms with Crippen LogP contribution in [0.4, 0.5) is 0 Å². The molecule has 0 aromatic heterocycles. The van der Waals surface area contributed by atoms with Crippen molar-refractivity contribution >= 4 is 23.7 Å². The summed E-state index contributed by atoms with van der Waals surface area (Å²) in [7, 11) is 0. The van der Waals surface area contributed by atoms with E-state index < -0.39 is 42.0 Å². The van der Waals surface area contributed by atoms with E-state index in [-0.39, 0.29) is 17.7 Å². The zero-order valence-corrected chi connectivity index (χ0v) is 17.4. The van der Waals surface area contributed by atoms with Gasteiger partial charge in [-0.25, -0.2) is 4.79 Å². The highest BCUT2D eigenvalue weighted by molar-refractivity contribution is 5.94. The molecule has 0 saturated carbocycles. The fourth-order valence-electron chi connectivity index (χ4n) is 3.21. The highest BCUT2D eigenvalue weighted by atomic mass is 16.4. The summed E-state index contributed by atoms with van der Waals surface area (Å²) < 4.78 is 0. The topological polar surface area (TPSA) is 142 Å². The van der Waals surface area contributed by atoms with Gasteiger partial charge in [0, 0.05) is 6.54 Å². The van der Waals surface area contributed by atoms with Gasteiger partial charge in [0.2, 0.25) is 17.7 Å². The SMILES string of the molecule is CCC(C)C(NC(=O)C(C)N)C(=O)N1CCCC1C(=O)NC(C(=O)O)C(C)C. The molecule has 0 bridgehead atoms. The number of likely N-dealkylation sites (tertiary alicyclic amines) is 1. The van der Waals surface area contributed by atoms with E-state index in [9.17, 15) is 24.3 Å². The molecule has 0 aliphatic carbocycles. The molecule has 0 radical (unpaired) electrons. The molecule has 1 fully saturated rings. The smallest absolute Gasteiger partial charge is 0.326 e. The molecule has 9 heteroatoms. The van der Waals surface area contributed by atoms with Crippen molar-refractivity contribution in [1.82, 2.24) is 15.5 Å². The second-order valence-electron chi connectivity index (χ2n) is 7.92. The first-order valence-electron chi connectivity index (χ1n) is 9.90. The van der Waals surface area contributed by atoms with Crippen molar-refractivity contribution in [3.05, 3.63) is 0 Å². The monoisotopic (exact) mass is 398 g/mol. The molecular formula is C19H34N4O5. The summed E-state index contributed by atoms with van der Waals surface area (Å²) in [5, 5.41) is 14.5. The molecule has 28 heavy (non-hydrogen) atoms. The molecule has 0 spiro atoms. The minimum atomic E-state index is -1.11. The van der Waals surface area contributed by atoms with Gasteiger partial charge in [0.1, 0.15) is 18.1 Å². The first kappa shape index (κ1) is 23.9. The summed E-state index contributed by atoms with van der Waals surface area (Å²) in [6.45, 7) is 9.11. The standard InChI is InChI=1S/C19H34N4O5/c1-6-11(4)15(22-16(24)12(5)20)18(26)23-9-7-8-13(23)17(25)21-14(10(2)3)19(27)28/h10-15H,6-9,20H2,1-5H3,(H,21,25)(H,22,24)(H,27,28). The molecule has 1 aliphatic rings. The Morgan fingerprint density at radius 3 is 2.18 bits per heavy atom. The summed E-state index contributed by atoms with van der Waals surface area (Å²) in [4.78, 5) is 50.7. The van der Waals surface area contributed by atoms with Crippen molar-refractivity contribution in [2.75, 3.05) is 6.54 Å². The highest BCUT2D eigenvalue weighted by Crippen LogP contribution is 2.22. The van der Waals surface area contributed by atoms with Crippen LogP contribution in [-0.4, -0.2) is 64.4 Å². The van der Waals surface area contributed by atoms with Crippen molar-refractivity contribution in [2.45, 2.75) is 78.0 Å². The number of carboxylic acids is 1. The normalized spacial score (nSPS) is 21.0. The summed E-state index contributed by atoms with van der Waals surface area (Å²) in [5.74, 6) is -2.77. The predicted molar refractivity (Wildman–Crippen MR) is 104 cm³/mol. The number of carboxylic acid groups (broad SMARTS) is 1. The Hall–Kier alpha value is -2.16. The van der Waals surface area contributed by atoms with Crippen LogP contribution in [0, 0.1) is 11.8 Å². The summed E-state index contributed by atoms with van der Waals surface area (Å²) in [6, 6.07) is -3.29. The Kier molecular flexibility index (Phi) is 8.87. The molecule has 1 rings (SSSR count). The van der Waals surface area contributed by atoms with E-state index in [1.807, 2.05) is 13.8 Å². The molecule has 9 nitrogen and oxygen atoms in total. The fourth-order valence-corrected chi connectivity index (χ4v) is 3.21. The Morgan fingerprint density at radius 2 is 1.71 bits per heavy atom. The number of aliphatic carboxylic acids is 1. The van der Waals surface area contributed by atoms with Crippen LogP contribution in [0.15, 0.2) is 0 Å². The quantitative estimate of drug-likeness (QED) is 0.433. The van der Waals surface area contributed by atoms with E-state index in [1.165, 1.54) is 11.8 Å². The van der Waals surface area contributed by atoms with Gasteiger partial charge in [0.15, 0.2) is 0 Å². The molecule has 5 N–H and O–H groups in total. The molecule has 1 heterocycles. The number of amides is 3. The van der Waals surface area contributed by atoms with Crippen molar-refractivity contribution < 1.29 is 24.3 Å². The predicted octanol–water partition coefficient (Wildman–Crippen LogP) is 0.0809. The van der Waals surface area contributed by atoms with Crippen LogP contribution < -0.4 is 16.4 Å². The fraction of sp³-hybridized carbons (Fsp3) is 0.789. The Labute approximate surface area is 166 Å². The van der Waals surface area contributed by atoms with Gasteiger partial charge in [-0.15, -0.1) is 0 Å². The minimum absolute atomic E-state index is 0.137. The maximum Gasteiger partial charge on any atom is 0.326 e. The van der Waals surface area contributed by atoms with E-state index in [0.29, 0.717) is 25.8 Å². The van der Waals surface area contributed by atoms with Crippen molar-refractivity contribution in [3.8, 4) is 0 Å². The second kappa shape index (κ2) is 10.4. The number of carbonyl (C=O) groups excluding carboxylic acids is 3. The van der Waals surface area contributed by atoms with E-state index in [4.69, 9.17) is 5.73 Å². The molecule has 0 aromatic rings. The molecular weight excluding hydrogens is 364 g/mol. The third-order valence-electron chi connectivity index (χ3n) is 5.26. The van der Waals surface area contributed by atoms with Gasteiger partial charge in [-0.2, -0.15) is 0 Å². The largest absolute Gasteiger partial charge is 0.480 e.